The van der Waals surface area contributed by atoms with Crippen molar-refractivity contribution in [3.63, 3.8) is 0 Å². The van der Waals surface area contributed by atoms with E-state index in [1.54, 1.807) is 0 Å². The van der Waals surface area contributed by atoms with Gasteiger partial charge in [0.05, 0.1) is 5.69 Å². The number of nitrogens with zero attached hydrogens (tertiary/aromatic N) is 2. The Morgan fingerprint density at radius 1 is 1.50 bits per heavy atom. The summed E-state index contributed by atoms with van der Waals surface area (Å²) in [5, 5.41) is 4.59. The Bertz CT molecular complexity index is 342. The van der Waals surface area contributed by atoms with E-state index in [4.69, 9.17) is 0 Å². The molecule has 0 N–H and O–H groups in total. The van der Waals surface area contributed by atoms with Crippen molar-refractivity contribution < 1.29 is 0 Å². The monoisotopic (exact) mass is 284 g/mol. The van der Waals surface area contributed by atoms with Gasteiger partial charge in [0.25, 0.3) is 0 Å². The lowest BCUT2D eigenvalue weighted by Gasteiger charge is -2.08. The minimum absolute atomic E-state index is 0.720. The molecule has 1 atom stereocenters. The number of halogens is 1. The van der Waals surface area contributed by atoms with Crippen molar-refractivity contribution >= 4 is 15.9 Å². The van der Waals surface area contributed by atoms with Gasteiger partial charge in [-0.3, -0.25) is 4.68 Å². The molecule has 1 aromatic heterocycles. The molecule has 0 spiro atoms. The smallest absolute Gasteiger partial charge is 0.0624 e. The first-order valence-corrected chi connectivity index (χ1v) is 7.35. The van der Waals surface area contributed by atoms with Gasteiger partial charge in [0.15, 0.2) is 0 Å². The summed E-state index contributed by atoms with van der Waals surface area (Å²) < 4.78 is 2.16. The predicted molar refractivity (Wildman–Crippen MR) is 71.0 cm³/mol. The Morgan fingerprint density at radius 3 is 2.81 bits per heavy atom. The average molecular weight is 285 g/mol. The van der Waals surface area contributed by atoms with Crippen LogP contribution >= 0.6 is 15.9 Å². The first-order valence-electron chi connectivity index (χ1n) is 6.44. The van der Waals surface area contributed by atoms with Gasteiger partial charge in [0.2, 0.25) is 0 Å². The summed E-state index contributed by atoms with van der Waals surface area (Å²) in [6, 6.07) is 2.27. The van der Waals surface area contributed by atoms with Crippen molar-refractivity contribution in [2.45, 2.75) is 57.3 Å². The fourth-order valence-corrected chi connectivity index (χ4v) is 2.90. The van der Waals surface area contributed by atoms with Crippen molar-refractivity contribution in [3.05, 3.63) is 17.5 Å². The van der Waals surface area contributed by atoms with Crippen molar-refractivity contribution in [2.75, 3.05) is 0 Å². The van der Waals surface area contributed by atoms with Crippen LogP contribution in [0.5, 0.6) is 0 Å². The molecular formula is C13H21BrN2. The van der Waals surface area contributed by atoms with E-state index < -0.39 is 0 Å². The molecule has 1 heterocycles. The maximum absolute atomic E-state index is 4.59. The molecule has 1 aromatic rings. The van der Waals surface area contributed by atoms with E-state index in [0.29, 0.717) is 0 Å². The van der Waals surface area contributed by atoms with Crippen LogP contribution in [-0.2, 0) is 19.4 Å². The van der Waals surface area contributed by atoms with Crippen molar-refractivity contribution in [3.8, 4) is 0 Å². The third kappa shape index (κ3) is 2.88. The topological polar surface area (TPSA) is 17.8 Å². The van der Waals surface area contributed by atoms with Crippen molar-refractivity contribution in [1.29, 1.82) is 0 Å². The second-order valence-corrected chi connectivity index (χ2v) is 5.86. The van der Waals surface area contributed by atoms with Crippen LogP contribution in [0.4, 0.5) is 0 Å². The van der Waals surface area contributed by atoms with Crippen molar-refractivity contribution in [1.82, 2.24) is 9.78 Å². The first-order chi connectivity index (χ1) is 7.74. The van der Waals surface area contributed by atoms with Gasteiger partial charge in [0.1, 0.15) is 0 Å². The SMILES string of the molecule is CCc1cc(CCC(Br)C2CC2)n(CC)n1. The number of rotatable bonds is 6. The van der Waals surface area contributed by atoms with E-state index in [9.17, 15) is 0 Å². The fraction of sp³-hybridized carbons (Fsp3) is 0.769. The van der Waals surface area contributed by atoms with E-state index in [1.165, 1.54) is 30.7 Å². The highest BCUT2D eigenvalue weighted by Crippen LogP contribution is 2.38. The largest absolute Gasteiger partial charge is 0.270 e. The molecule has 2 nitrogen and oxygen atoms in total. The number of aromatic nitrogens is 2. The molecule has 1 fully saturated rings. The molecule has 0 bridgehead atoms. The highest BCUT2D eigenvalue weighted by Gasteiger charge is 2.28. The maximum Gasteiger partial charge on any atom is 0.0624 e. The third-order valence-electron chi connectivity index (χ3n) is 3.39. The van der Waals surface area contributed by atoms with Crippen LogP contribution in [0.2, 0.25) is 0 Å². The van der Waals surface area contributed by atoms with Crippen LogP contribution in [0.3, 0.4) is 0 Å². The molecule has 3 heteroatoms. The van der Waals surface area contributed by atoms with Gasteiger partial charge in [-0.15, -0.1) is 0 Å². The third-order valence-corrected chi connectivity index (χ3v) is 4.59. The molecule has 1 aliphatic rings. The van der Waals surface area contributed by atoms with Gasteiger partial charge >= 0.3 is 0 Å². The van der Waals surface area contributed by atoms with Gasteiger partial charge in [0, 0.05) is 17.1 Å². The Morgan fingerprint density at radius 2 is 2.25 bits per heavy atom. The molecule has 1 unspecified atom stereocenters. The van der Waals surface area contributed by atoms with E-state index in [0.717, 1.165) is 30.1 Å². The first kappa shape index (κ1) is 12.2. The summed E-state index contributed by atoms with van der Waals surface area (Å²) in [7, 11) is 0. The van der Waals surface area contributed by atoms with Crippen LogP contribution < -0.4 is 0 Å². The summed E-state index contributed by atoms with van der Waals surface area (Å²) >= 11 is 3.80. The molecule has 0 aliphatic heterocycles. The molecule has 0 aromatic carbocycles. The summed E-state index contributed by atoms with van der Waals surface area (Å²) in [6.45, 7) is 5.33. The fourth-order valence-electron chi connectivity index (χ4n) is 2.14. The molecule has 90 valence electrons. The summed E-state index contributed by atoms with van der Waals surface area (Å²) in [5.41, 5.74) is 2.64. The second-order valence-electron chi connectivity index (χ2n) is 4.69. The summed E-state index contributed by atoms with van der Waals surface area (Å²) in [5.74, 6) is 0.948. The lowest BCUT2D eigenvalue weighted by atomic mass is 10.1. The van der Waals surface area contributed by atoms with E-state index >= 15 is 0 Å². The van der Waals surface area contributed by atoms with E-state index in [1.807, 2.05) is 0 Å². The lowest BCUT2D eigenvalue weighted by Crippen LogP contribution is -2.07. The van der Waals surface area contributed by atoms with Crippen LogP contribution in [0.25, 0.3) is 0 Å². The van der Waals surface area contributed by atoms with Gasteiger partial charge < -0.3 is 0 Å². The van der Waals surface area contributed by atoms with Gasteiger partial charge in [-0.25, -0.2) is 0 Å². The van der Waals surface area contributed by atoms with E-state index in [-0.39, 0.29) is 0 Å². The molecule has 2 rings (SSSR count). The maximum atomic E-state index is 4.59. The predicted octanol–water partition coefficient (Wildman–Crippen LogP) is 3.57. The Kier molecular flexibility index (Phi) is 4.06. The molecular weight excluding hydrogens is 264 g/mol. The number of hydrogen-bond donors (Lipinski definition) is 0. The highest BCUT2D eigenvalue weighted by atomic mass is 79.9. The zero-order valence-corrected chi connectivity index (χ0v) is 11.8. The van der Waals surface area contributed by atoms with Gasteiger partial charge in [-0.2, -0.15) is 5.10 Å². The lowest BCUT2D eigenvalue weighted by molar-refractivity contribution is 0.592. The highest BCUT2D eigenvalue weighted by molar-refractivity contribution is 9.09. The Balaban J connectivity index is 1.93. The van der Waals surface area contributed by atoms with Gasteiger partial charge in [-0.1, -0.05) is 22.9 Å². The van der Waals surface area contributed by atoms with Crippen LogP contribution in [0, 0.1) is 5.92 Å². The minimum atomic E-state index is 0.720. The quantitative estimate of drug-likeness (QED) is 0.731. The van der Waals surface area contributed by atoms with E-state index in [2.05, 4.69) is 45.6 Å². The van der Waals surface area contributed by atoms with Crippen LogP contribution in [0.1, 0.15) is 44.5 Å². The Hall–Kier alpha value is -0.310. The normalized spacial score (nSPS) is 17.7. The number of aryl methyl sites for hydroxylation is 3. The minimum Gasteiger partial charge on any atom is -0.270 e. The molecule has 1 saturated carbocycles. The number of hydrogen-bond acceptors (Lipinski definition) is 1. The van der Waals surface area contributed by atoms with Crippen molar-refractivity contribution in [2.24, 2.45) is 5.92 Å². The number of alkyl halides is 1. The summed E-state index contributed by atoms with van der Waals surface area (Å²) in [4.78, 5) is 0.720. The zero-order valence-electron chi connectivity index (χ0n) is 10.2. The average Bonchev–Trinajstić information content (AvgIpc) is 3.07. The standard InChI is InChI=1S/C13H21BrN2/c1-3-11-9-12(16(4-2)15-11)7-8-13(14)10-5-6-10/h9-10,13H,3-8H2,1-2H3. The molecule has 0 amide bonds. The molecule has 16 heavy (non-hydrogen) atoms. The summed E-state index contributed by atoms with van der Waals surface area (Å²) in [6.07, 6.45) is 6.29. The molecule has 1 aliphatic carbocycles. The second kappa shape index (κ2) is 5.35. The van der Waals surface area contributed by atoms with Crippen LogP contribution in [-0.4, -0.2) is 14.6 Å². The molecule has 0 radical (unpaired) electrons. The van der Waals surface area contributed by atoms with Crippen LogP contribution in [0.15, 0.2) is 6.07 Å². The molecule has 0 saturated heterocycles. The van der Waals surface area contributed by atoms with Gasteiger partial charge in [-0.05, 0) is 51.0 Å². The Labute approximate surface area is 107 Å². The zero-order chi connectivity index (χ0) is 11.5.